The minimum Gasteiger partial charge on any atom is -0.387 e. The third-order valence-electron chi connectivity index (χ3n) is 2.73. The maximum atomic E-state index is 9.91. The van der Waals surface area contributed by atoms with Gasteiger partial charge in [-0.2, -0.15) is 0 Å². The average molecular weight is 246 g/mol. The van der Waals surface area contributed by atoms with Crippen LogP contribution in [0, 0.1) is 0 Å². The fourth-order valence-electron chi connectivity index (χ4n) is 1.75. The lowest BCUT2D eigenvalue weighted by Gasteiger charge is -2.11. The van der Waals surface area contributed by atoms with Crippen molar-refractivity contribution in [2.45, 2.75) is 19.1 Å². The molecule has 0 spiro atoms. The molecular formula is C13H18N4O. The van der Waals surface area contributed by atoms with Crippen molar-refractivity contribution in [3.05, 3.63) is 48.3 Å². The van der Waals surface area contributed by atoms with Crippen LogP contribution in [0.25, 0.3) is 0 Å². The second-order valence-corrected chi connectivity index (χ2v) is 4.15. The molecule has 0 aliphatic heterocycles. The van der Waals surface area contributed by atoms with Crippen LogP contribution in [-0.2, 0) is 6.54 Å². The largest absolute Gasteiger partial charge is 0.387 e. The number of nitrogens with one attached hydrogen (secondary N) is 1. The van der Waals surface area contributed by atoms with E-state index in [0.29, 0.717) is 6.54 Å². The molecule has 1 unspecified atom stereocenters. The van der Waals surface area contributed by atoms with Gasteiger partial charge in [-0.25, -0.2) is 0 Å². The molecule has 0 aliphatic carbocycles. The van der Waals surface area contributed by atoms with Gasteiger partial charge in [-0.15, -0.1) is 5.10 Å². The van der Waals surface area contributed by atoms with Gasteiger partial charge in [0.2, 0.25) is 0 Å². The zero-order valence-electron chi connectivity index (χ0n) is 10.2. The normalized spacial score (nSPS) is 12.5. The molecule has 2 rings (SSSR count). The highest BCUT2D eigenvalue weighted by Gasteiger charge is 2.05. The zero-order valence-corrected chi connectivity index (χ0v) is 10.2. The number of benzene rings is 1. The molecule has 18 heavy (non-hydrogen) atoms. The van der Waals surface area contributed by atoms with E-state index in [1.165, 1.54) is 0 Å². The van der Waals surface area contributed by atoms with E-state index in [1.54, 1.807) is 10.9 Å². The number of aliphatic hydroxyl groups is 1. The van der Waals surface area contributed by atoms with Crippen LogP contribution < -0.4 is 5.32 Å². The molecule has 2 aromatic rings. The Bertz CT molecular complexity index is 430. The number of aliphatic hydroxyl groups excluding tert-OH is 1. The van der Waals surface area contributed by atoms with Crippen molar-refractivity contribution in [3.63, 3.8) is 0 Å². The molecule has 1 atom stereocenters. The summed E-state index contributed by atoms with van der Waals surface area (Å²) in [7, 11) is 0. The molecule has 1 aromatic carbocycles. The molecule has 0 bridgehead atoms. The molecular weight excluding hydrogens is 228 g/mol. The first-order valence-electron chi connectivity index (χ1n) is 6.14. The molecule has 1 aromatic heterocycles. The molecule has 0 saturated heterocycles. The van der Waals surface area contributed by atoms with E-state index in [-0.39, 0.29) is 0 Å². The van der Waals surface area contributed by atoms with Crippen LogP contribution in [0.4, 0.5) is 0 Å². The molecule has 5 nitrogen and oxygen atoms in total. The van der Waals surface area contributed by atoms with Gasteiger partial charge >= 0.3 is 0 Å². The summed E-state index contributed by atoms with van der Waals surface area (Å²) in [5, 5.41) is 20.8. The van der Waals surface area contributed by atoms with Gasteiger partial charge in [-0.05, 0) is 18.5 Å². The lowest BCUT2D eigenvalue weighted by molar-refractivity contribution is 0.174. The van der Waals surface area contributed by atoms with Gasteiger partial charge in [-0.3, -0.25) is 4.68 Å². The molecule has 0 amide bonds. The fourth-order valence-corrected chi connectivity index (χ4v) is 1.75. The minimum atomic E-state index is -0.447. The summed E-state index contributed by atoms with van der Waals surface area (Å²) >= 11 is 0. The van der Waals surface area contributed by atoms with Crippen molar-refractivity contribution in [2.24, 2.45) is 0 Å². The predicted octanol–water partition coefficient (Wildman–Crippen LogP) is 0.991. The molecule has 0 radical (unpaired) electrons. The average Bonchev–Trinajstić information content (AvgIpc) is 2.92. The summed E-state index contributed by atoms with van der Waals surface area (Å²) in [6.45, 7) is 2.26. The van der Waals surface area contributed by atoms with E-state index in [4.69, 9.17) is 0 Å². The van der Waals surface area contributed by atoms with Gasteiger partial charge < -0.3 is 10.4 Å². The molecule has 1 heterocycles. The van der Waals surface area contributed by atoms with Crippen LogP contribution in [0.1, 0.15) is 18.1 Å². The Hall–Kier alpha value is -1.72. The van der Waals surface area contributed by atoms with Crippen LogP contribution in [0.5, 0.6) is 0 Å². The van der Waals surface area contributed by atoms with Gasteiger partial charge in [0.15, 0.2) is 0 Å². The lowest BCUT2D eigenvalue weighted by Crippen LogP contribution is -2.23. The second kappa shape index (κ2) is 6.88. The smallest absolute Gasteiger partial charge is 0.0914 e. The summed E-state index contributed by atoms with van der Waals surface area (Å²) < 4.78 is 1.80. The number of hydrogen-bond acceptors (Lipinski definition) is 4. The Labute approximate surface area is 106 Å². The fraction of sp³-hybridized carbons (Fsp3) is 0.385. The number of hydrogen-bond donors (Lipinski definition) is 2. The minimum absolute atomic E-state index is 0.447. The summed E-state index contributed by atoms with van der Waals surface area (Å²) in [4.78, 5) is 0. The molecule has 5 heteroatoms. The van der Waals surface area contributed by atoms with Crippen LogP contribution in [0.15, 0.2) is 42.7 Å². The van der Waals surface area contributed by atoms with Crippen molar-refractivity contribution in [1.82, 2.24) is 20.3 Å². The Morgan fingerprint density at radius 1 is 1.28 bits per heavy atom. The third-order valence-corrected chi connectivity index (χ3v) is 2.73. The van der Waals surface area contributed by atoms with Gasteiger partial charge in [0, 0.05) is 19.3 Å². The highest BCUT2D eigenvalue weighted by molar-refractivity contribution is 5.17. The van der Waals surface area contributed by atoms with Gasteiger partial charge in [0.1, 0.15) is 0 Å². The first-order valence-corrected chi connectivity index (χ1v) is 6.14. The van der Waals surface area contributed by atoms with Crippen molar-refractivity contribution in [3.8, 4) is 0 Å². The number of aromatic nitrogens is 3. The van der Waals surface area contributed by atoms with Gasteiger partial charge in [0.25, 0.3) is 0 Å². The first kappa shape index (κ1) is 12.7. The number of rotatable bonds is 7. The Morgan fingerprint density at radius 3 is 2.83 bits per heavy atom. The van der Waals surface area contributed by atoms with E-state index in [9.17, 15) is 5.11 Å². The van der Waals surface area contributed by atoms with E-state index >= 15 is 0 Å². The molecule has 0 saturated carbocycles. The number of nitrogens with zero attached hydrogens (tertiary/aromatic N) is 3. The molecule has 96 valence electrons. The summed E-state index contributed by atoms with van der Waals surface area (Å²) in [5.41, 5.74) is 0.946. The van der Waals surface area contributed by atoms with Crippen LogP contribution in [-0.4, -0.2) is 33.2 Å². The summed E-state index contributed by atoms with van der Waals surface area (Å²) in [6.07, 6.45) is 4.04. The second-order valence-electron chi connectivity index (χ2n) is 4.15. The van der Waals surface area contributed by atoms with E-state index in [1.807, 2.05) is 36.5 Å². The zero-order chi connectivity index (χ0) is 12.6. The number of aryl methyl sites for hydroxylation is 1. The van der Waals surface area contributed by atoms with Crippen LogP contribution >= 0.6 is 0 Å². The van der Waals surface area contributed by atoms with Gasteiger partial charge in [-0.1, -0.05) is 35.5 Å². The van der Waals surface area contributed by atoms with Crippen LogP contribution in [0.2, 0.25) is 0 Å². The standard InChI is InChI=1S/C13H18N4O/c18-13(12-5-2-1-3-6-12)11-14-7-4-9-17-10-8-15-16-17/h1-3,5-6,8,10,13-14,18H,4,7,9,11H2. The Kier molecular flexibility index (Phi) is 4.87. The van der Waals surface area contributed by atoms with E-state index in [2.05, 4.69) is 15.6 Å². The molecule has 0 aliphatic rings. The van der Waals surface area contributed by atoms with Crippen molar-refractivity contribution >= 4 is 0 Å². The van der Waals surface area contributed by atoms with Gasteiger partial charge in [0.05, 0.1) is 12.3 Å². The summed E-state index contributed by atoms with van der Waals surface area (Å²) in [6, 6.07) is 9.68. The topological polar surface area (TPSA) is 63.0 Å². The highest BCUT2D eigenvalue weighted by atomic mass is 16.3. The van der Waals surface area contributed by atoms with E-state index < -0.39 is 6.10 Å². The predicted molar refractivity (Wildman–Crippen MR) is 68.9 cm³/mol. The Morgan fingerprint density at radius 2 is 2.11 bits per heavy atom. The molecule has 2 N–H and O–H groups in total. The quantitative estimate of drug-likeness (QED) is 0.715. The lowest BCUT2D eigenvalue weighted by atomic mass is 10.1. The maximum Gasteiger partial charge on any atom is 0.0914 e. The van der Waals surface area contributed by atoms with Crippen molar-refractivity contribution < 1.29 is 5.11 Å². The molecule has 0 fully saturated rings. The maximum absolute atomic E-state index is 9.91. The highest BCUT2D eigenvalue weighted by Crippen LogP contribution is 2.10. The Balaban J connectivity index is 1.61. The first-order chi connectivity index (χ1) is 8.86. The van der Waals surface area contributed by atoms with Crippen molar-refractivity contribution in [1.29, 1.82) is 0 Å². The van der Waals surface area contributed by atoms with Crippen LogP contribution in [0.3, 0.4) is 0 Å². The van der Waals surface area contributed by atoms with Crippen molar-refractivity contribution in [2.75, 3.05) is 13.1 Å². The monoisotopic (exact) mass is 246 g/mol. The SMILES string of the molecule is OC(CNCCCn1ccnn1)c1ccccc1. The third kappa shape index (κ3) is 3.94. The summed E-state index contributed by atoms with van der Waals surface area (Å²) in [5.74, 6) is 0. The van der Waals surface area contributed by atoms with E-state index in [0.717, 1.165) is 25.1 Å².